The van der Waals surface area contributed by atoms with Crippen LogP contribution in [0.15, 0.2) is 23.8 Å². The van der Waals surface area contributed by atoms with Crippen LogP contribution in [0.25, 0.3) is 6.08 Å². The Balaban J connectivity index is 2.40. The van der Waals surface area contributed by atoms with Crippen LogP contribution in [-0.2, 0) is 6.42 Å². The molecule has 0 saturated heterocycles. The van der Waals surface area contributed by atoms with Crippen molar-refractivity contribution >= 4 is 6.08 Å². The van der Waals surface area contributed by atoms with Crippen molar-refractivity contribution in [3.8, 4) is 0 Å². The second-order valence-electron chi connectivity index (χ2n) is 4.38. The highest BCUT2D eigenvalue weighted by Gasteiger charge is 2.14. The molecule has 1 nitrogen and oxygen atoms in total. The average molecular weight is 201 g/mol. The van der Waals surface area contributed by atoms with Gasteiger partial charge in [0.1, 0.15) is 0 Å². The lowest BCUT2D eigenvalue weighted by Crippen LogP contribution is -2.25. The molecule has 1 aromatic carbocycles. The zero-order chi connectivity index (χ0) is 10.8. The number of nitrogens with one attached hydrogen (secondary N) is 1. The molecule has 1 aliphatic rings. The van der Waals surface area contributed by atoms with Crippen molar-refractivity contribution in [3.05, 3.63) is 40.5 Å². The van der Waals surface area contributed by atoms with E-state index >= 15 is 0 Å². The summed E-state index contributed by atoms with van der Waals surface area (Å²) >= 11 is 0. The molecule has 1 N–H and O–H groups in total. The highest BCUT2D eigenvalue weighted by Crippen LogP contribution is 2.27. The van der Waals surface area contributed by atoms with Gasteiger partial charge >= 0.3 is 0 Å². The zero-order valence-electron chi connectivity index (χ0n) is 9.80. The van der Waals surface area contributed by atoms with Gasteiger partial charge in [0, 0.05) is 6.04 Å². The van der Waals surface area contributed by atoms with E-state index in [0.29, 0.717) is 6.04 Å². The molecule has 0 saturated carbocycles. The molecule has 0 bridgehead atoms. The van der Waals surface area contributed by atoms with Crippen LogP contribution in [0, 0.1) is 6.92 Å². The van der Waals surface area contributed by atoms with Crippen LogP contribution >= 0.6 is 0 Å². The fourth-order valence-electron chi connectivity index (χ4n) is 2.23. The normalized spacial score (nSPS) is 16.9. The Kier molecular flexibility index (Phi) is 2.92. The van der Waals surface area contributed by atoms with Crippen LogP contribution in [0.4, 0.5) is 0 Å². The molecule has 15 heavy (non-hydrogen) atoms. The maximum atomic E-state index is 3.32. The molecule has 0 amide bonds. The van der Waals surface area contributed by atoms with Gasteiger partial charge in [0.2, 0.25) is 0 Å². The standard InChI is InChI=1S/C14H19N/c1-10-5-4-6-12-7-8-13(9-14(10)12)11(2)15-3/h4-6,9,11,15H,7-8H2,1-3H3. The maximum Gasteiger partial charge on any atom is 0.0251 e. The Hall–Kier alpha value is -1.08. The first-order chi connectivity index (χ1) is 7.22. The van der Waals surface area contributed by atoms with Gasteiger partial charge in [0.25, 0.3) is 0 Å². The van der Waals surface area contributed by atoms with E-state index in [1.165, 1.54) is 35.1 Å². The number of likely N-dealkylation sites (N-methyl/N-ethyl adjacent to an activating group) is 1. The minimum absolute atomic E-state index is 0.498. The van der Waals surface area contributed by atoms with Gasteiger partial charge in [-0.3, -0.25) is 0 Å². The van der Waals surface area contributed by atoms with Crippen LogP contribution in [0.3, 0.4) is 0 Å². The predicted molar refractivity (Wildman–Crippen MR) is 66.0 cm³/mol. The summed E-state index contributed by atoms with van der Waals surface area (Å²) in [7, 11) is 2.03. The van der Waals surface area contributed by atoms with E-state index in [-0.39, 0.29) is 0 Å². The Bertz CT molecular complexity index is 390. The summed E-state index contributed by atoms with van der Waals surface area (Å²) in [6.07, 6.45) is 4.75. The minimum atomic E-state index is 0.498. The van der Waals surface area contributed by atoms with Crippen LogP contribution in [-0.4, -0.2) is 13.1 Å². The van der Waals surface area contributed by atoms with E-state index in [1.54, 1.807) is 0 Å². The largest absolute Gasteiger partial charge is 0.314 e. The summed E-state index contributed by atoms with van der Waals surface area (Å²) < 4.78 is 0. The fourth-order valence-corrected chi connectivity index (χ4v) is 2.23. The summed E-state index contributed by atoms with van der Waals surface area (Å²) in [5, 5.41) is 3.32. The Morgan fingerprint density at radius 2 is 2.07 bits per heavy atom. The number of hydrogen-bond donors (Lipinski definition) is 1. The van der Waals surface area contributed by atoms with Crippen LogP contribution in [0.2, 0.25) is 0 Å². The van der Waals surface area contributed by atoms with Crippen molar-refractivity contribution in [3.63, 3.8) is 0 Å². The molecule has 1 aromatic rings. The van der Waals surface area contributed by atoms with E-state index in [2.05, 4.69) is 43.4 Å². The first-order valence-electron chi connectivity index (χ1n) is 5.68. The molecule has 0 heterocycles. The van der Waals surface area contributed by atoms with Gasteiger partial charge in [-0.05, 0) is 50.4 Å². The van der Waals surface area contributed by atoms with E-state index in [9.17, 15) is 0 Å². The van der Waals surface area contributed by atoms with Crippen molar-refractivity contribution in [2.24, 2.45) is 0 Å². The Labute approximate surface area is 92.2 Å². The SMILES string of the molecule is CNC(C)C1=Cc2c(C)cccc2CC1. The highest BCUT2D eigenvalue weighted by molar-refractivity contribution is 5.63. The smallest absolute Gasteiger partial charge is 0.0251 e. The zero-order valence-corrected chi connectivity index (χ0v) is 9.80. The third-order valence-electron chi connectivity index (χ3n) is 3.42. The van der Waals surface area contributed by atoms with Crippen LogP contribution < -0.4 is 5.32 Å². The van der Waals surface area contributed by atoms with Crippen molar-refractivity contribution in [2.75, 3.05) is 7.05 Å². The Morgan fingerprint density at radius 3 is 2.80 bits per heavy atom. The summed E-state index contributed by atoms with van der Waals surface area (Å²) in [6, 6.07) is 7.11. The molecular weight excluding hydrogens is 182 g/mol. The monoisotopic (exact) mass is 201 g/mol. The van der Waals surface area contributed by atoms with Crippen LogP contribution in [0.1, 0.15) is 30.0 Å². The predicted octanol–water partition coefficient (Wildman–Crippen LogP) is 2.93. The topological polar surface area (TPSA) is 12.0 Å². The van der Waals surface area contributed by atoms with Crippen molar-refractivity contribution in [1.82, 2.24) is 5.32 Å². The molecule has 0 radical (unpaired) electrons. The van der Waals surface area contributed by atoms with Gasteiger partial charge in [0.15, 0.2) is 0 Å². The average Bonchev–Trinajstić information content (AvgIpc) is 2.28. The quantitative estimate of drug-likeness (QED) is 0.775. The van der Waals surface area contributed by atoms with Gasteiger partial charge in [0.05, 0.1) is 0 Å². The second-order valence-corrected chi connectivity index (χ2v) is 4.38. The minimum Gasteiger partial charge on any atom is -0.314 e. The lowest BCUT2D eigenvalue weighted by atomic mass is 9.87. The highest BCUT2D eigenvalue weighted by atomic mass is 14.9. The summed E-state index contributed by atoms with van der Waals surface area (Å²) in [5.74, 6) is 0. The molecule has 80 valence electrons. The molecule has 1 atom stereocenters. The molecule has 1 aliphatic carbocycles. The summed E-state index contributed by atoms with van der Waals surface area (Å²) in [4.78, 5) is 0. The van der Waals surface area contributed by atoms with Crippen molar-refractivity contribution in [1.29, 1.82) is 0 Å². The third kappa shape index (κ3) is 1.98. The van der Waals surface area contributed by atoms with Gasteiger partial charge < -0.3 is 5.32 Å². The number of rotatable bonds is 2. The molecule has 1 heteroatoms. The van der Waals surface area contributed by atoms with Gasteiger partial charge in [-0.25, -0.2) is 0 Å². The molecule has 2 rings (SSSR count). The Morgan fingerprint density at radius 1 is 1.27 bits per heavy atom. The van der Waals surface area contributed by atoms with E-state index < -0.39 is 0 Å². The molecule has 0 spiro atoms. The van der Waals surface area contributed by atoms with Gasteiger partial charge in [-0.15, -0.1) is 0 Å². The van der Waals surface area contributed by atoms with Crippen molar-refractivity contribution < 1.29 is 0 Å². The van der Waals surface area contributed by atoms with Gasteiger partial charge in [-0.2, -0.15) is 0 Å². The number of benzene rings is 1. The summed E-state index contributed by atoms with van der Waals surface area (Å²) in [6.45, 7) is 4.43. The first kappa shape index (κ1) is 10.4. The lowest BCUT2D eigenvalue weighted by Gasteiger charge is -2.22. The molecule has 0 aromatic heterocycles. The molecular formula is C14H19N. The fraction of sp³-hybridized carbons (Fsp3) is 0.429. The lowest BCUT2D eigenvalue weighted by molar-refractivity contribution is 0.660. The van der Waals surface area contributed by atoms with E-state index in [4.69, 9.17) is 0 Å². The second kappa shape index (κ2) is 4.19. The van der Waals surface area contributed by atoms with Gasteiger partial charge in [-0.1, -0.05) is 29.8 Å². The van der Waals surface area contributed by atoms with E-state index in [0.717, 1.165) is 0 Å². The van der Waals surface area contributed by atoms with E-state index in [1.807, 2.05) is 7.05 Å². The number of aryl methyl sites for hydroxylation is 2. The molecule has 0 aliphatic heterocycles. The van der Waals surface area contributed by atoms with Crippen LogP contribution in [0.5, 0.6) is 0 Å². The molecule has 1 unspecified atom stereocenters. The number of fused-ring (bicyclic) bond motifs is 1. The third-order valence-corrected chi connectivity index (χ3v) is 3.42. The molecule has 0 fully saturated rings. The number of hydrogen-bond acceptors (Lipinski definition) is 1. The first-order valence-corrected chi connectivity index (χ1v) is 5.68. The maximum absolute atomic E-state index is 3.32. The van der Waals surface area contributed by atoms with Crippen molar-refractivity contribution in [2.45, 2.75) is 32.7 Å². The summed E-state index contributed by atoms with van der Waals surface area (Å²) in [5.41, 5.74) is 5.87.